The van der Waals surface area contributed by atoms with Crippen LogP contribution in [0.5, 0.6) is 0 Å². The van der Waals surface area contributed by atoms with E-state index in [0.717, 1.165) is 0 Å². The van der Waals surface area contributed by atoms with E-state index in [1.807, 2.05) is 0 Å². The van der Waals surface area contributed by atoms with E-state index in [1.165, 1.54) is 38.5 Å². The monoisotopic (exact) mass is 172 g/mol. The van der Waals surface area contributed by atoms with Crippen LogP contribution in [0.4, 0.5) is 0 Å². The van der Waals surface area contributed by atoms with Crippen LogP contribution in [-0.2, 0) is 4.74 Å². The molecule has 1 N–H and O–H groups in total. The van der Waals surface area contributed by atoms with E-state index in [0.29, 0.717) is 12.7 Å². The van der Waals surface area contributed by atoms with Gasteiger partial charge in [-0.2, -0.15) is 0 Å². The van der Waals surface area contributed by atoms with Gasteiger partial charge in [-0.1, -0.05) is 25.7 Å². The van der Waals surface area contributed by atoms with Crippen molar-refractivity contribution in [1.29, 1.82) is 0 Å². The summed E-state index contributed by atoms with van der Waals surface area (Å²) in [6, 6.07) is 0. The maximum atomic E-state index is 9.03. The number of hydrogen-bond donors (Lipinski definition) is 1. The van der Waals surface area contributed by atoms with Gasteiger partial charge in [0.05, 0.1) is 18.8 Å². The van der Waals surface area contributed by atoms with Gasteiger partial charge in [0, 0.05) is 0 Å². The lowest BCUT2D eigenvalue weighted by Gasteiger charge is -2.16. The zero-order valence-corrected chi connectivity index (χ0v) is 7.96. The summed E-state index contributed by atoms with van der Waals surface area (Å²) in [6.07, 6.45) is 7.78. The molecule has 0 radical (unpaired) electrons. The Morgan fingerprint density at radius 1 is 1.25 bits per heavy atom. The van der Waals surface area contributed by atoms with Gasteiger partial charge in [0.2, 0.25) is 0 Å². The minimum Gasteiger partial charge on any atom is -0.391 e. The lowest BCUT2D eigenvalue weighted by atomic mass is 10.1. The molecule has 0 aliphatic heterocycles. The Labute approximate surface area is 74.9 Å². The second-order valence-corrected chi connectivity index (χ2v) is 3.80. The minimum atomic E-state index is -0.312. The van der Waals surface area contributed by atoms with Crippen LogP contribution in [0.3, 0.4) is 0 Å². The molecule has 1 unspecified atom stereocenters. The van der Waals surface area contributed by atoms with E-state index >= 15 is 0 Å². The Morgan fingerprint density at radius 3 is 2.33 bits per heavy atom. The maximum Gasteiger partial charge on any atom is 0.0745 e. The molecular weight excluding hydrogens is 152 g/mol. The van der Waals surface area contributed by atoms with Crippen LogP contribution < -0.4 is 0 Å². The van der Waals surface area contributed by atoms with Crippen LogP contribution >= 0.6 is 0 Å². The summed E-state index contributed by atoms with van der Waals surface area (Å²) in [6.45, 7) is 2.28. The van der Waals surface area contributed by atoms with E-state index in [1.54, 1.807) is 6.92 Å². The van der Waals surface area contributed by atoms with Crippen molar-refractivity contribution in [2.45, 2.75) is 57.7 Å². The molecule has 0 heterocycles. The van der Waals surface area contributed by atoms with E-state index in [4.69, 9.17) is 9.84 Å². The van der Waals surface area contributed by atoms with Crippen molar-refractivity contribution in [3.05, 3.63) is 0 Å². The largest absolute Gasteiger partial charge is 0.391 e. The molecule has 1 rings (SSSR count). The number of rotatable bonds is 3. The summed E-state index contributed by atoms with van der Waals surface area (Å²) >= 11 is 0. The SMILES string of the molecule is CC(O)COC1CCCCCC1. The average Bonchev–Trinajstić information content (AvgIpc) is 2.28. The van der Waals surface area contributed by atoms with Gasteiger partial charge in [-0.25, -0.2) is 0 Å². The summed E-state index contributed by atoms with van der Waals surface area (Å²) in [4.78, 5) is 0. The first-order valence-corrected chi connectivity index (χ1v) is 5.08. The molecule has 2 nitrogen and oxygen atoms in total. The second-order valence-electron chi connectivity index (χ2n) is 3.80. The van der Waals surface area contributed by atoms with Crippen LogP contribution in [0.1, 0.15) is 45.4 Å². The fourth-order valence-corrected chi connectivity index (χ4v) is 1.68. The smallest absolute Gasteiger partial charge is 0.0745 e. The van der Waals surface area contributed by atoms with Crippen molar-refractivity contribution >= 4 is 0 Å². The minimum absolute atomic E-state index is 0.312. The lowest BCUT2D eigenvalue weighted by Crippen LogP contribution is -2.18. The van der Waals surface area contributed by atoms with Crippen molar-refractivity contribution in [3.63, 3.8) is 0 Å². The van der Waals surface area contributed by atoms with Crippen LogP contribution in [0.2, 0.25) is 0 Å². The predicted molar refractivity (Wildman–Crippen MR) is 49.1 cm³/mol. The molecule has 1 fully saturated rings. The van der Waals surface area contributed by atoms with Gasteiger partial charge in [0.25, 0.3) is 0 Å². The van der Waals surface area contributed by atoms with Gasteiger partial charge in [0.15, 0.2) is 0 Å². The topological polar surface area (TPSA) is 29.5 Å². The molecule has 0 bridgehead atoms. The molecule has 1 atom stereocenters. The van der Waals surface area contributed by atoms with Crippen molar-refractivity contribution in [2.24, 2.45) is 0 Å². The van der Waals surface area contributed by atoms with Gasteiger partial charge in [-0.3, -0.25) is 0 Å². The zero-order valence-electron chi connectivity index (χ0n) is 7.96. The van der Waals surface area contributed by atoms with E-state index in [2.05, 4.69) is 0 Å². The molecular formula is C10H20O2. The van der Waals surface area contributed by atoms with Crippen molar-refractivity contribution in [3.8, 4) is 0 Å². The molecule has 12 heavy (non-hydrogen) atoms. The van der Waals surface area contributed by atoms with Gasteiger partial charge in [-0.15, -0.1) is 0 Å². The molecule has 0 aromatic rings. The summed E-state index contributed by atoms with van der Waals surface area (Å²) in [5.74, 6) is 0. The highest BCUT2D eigenvalue weighted by atomic mass is 16.5. The predicted octanol–water partition coefficient (Wildman–Crippen LogP) is 2.11. The molecule has 1 saturated carbocycles. The molecule has 0 saturated heterocycles. The first-order chi connectivity index (χ1) is 5.79. The van der Waals surface area contributed by atoms with E-state index in [-0.39, 0.29) is 6.10 Å². The van der Waals surface area contributed by atoms with Gasteiger partial charge >= 0.3 is 0 Å². The zero-order chi connectivity index (χ0) is 8.81. The van der Waals surface area contributed by atoms with Gasteiger partial charge in [0.1, 0.15) is 0 Å². The third-order valence-electron chi connectivity index (χ3n) is 2.38. The van der Waals surface area contributed by atoms with Crippen LogP contribution in [-0.4, -0.2) is 23.9 Å². The molecule has 1 aliphatic rings. The van der Waals surface area contributed by atoms with Crippen molar-refractivity contribution in [1.82, 2.24) is 0 Å². The average molecular weight is 172 g/mol. The lowest BCUT2D eigenvalue weighted by molar-refractivity contribution is -0.00871. The fourth-order valence-electron chi connectivity index (χ4n) is 1.68. The van der Waals surface area contributed by atoms with Gasteiger partial charge in [-0.05, 0) is 19.8 Å². The Hall–Kier alpha value is -0.0800. The van der Waals surface area contributed by atoms with E-state index < -0.39 is 0 Å². The van der Waals surface area contributed by atoms with Crippen LogP contribution in [0, 0.1) is 0 Å². The third-order valence-corrected chi connectivity index (χ3v) is 2.38. The number of aliphatic hydroxyl groups is 1. The first-order valence-electron chi connectivity index (χ1n) is 5.08. The number of aliphatic hydroxyl groups excluding tert-OH is 1. The first kappa shape index (κ1) is 10.0. The normalized spacial score (nSPS) is 23.5. The number of ether oxygens (including phenoxy) is 1. The Bertz CT molecular complexity index is 104. The summed E-state index contributed by atoms with van der Waals surface area (Å²) in [7, 11) is 0. The second kappa shape index (κ2) is 5.55. The molecule has 0 amide bonds. The molecule has 72 valence electrons. The molecule has 1 aliphatic carbocycles. The molecule has 0 aromatic carbocycles. The highest BCUT2D eigenvalue weighted by molar-refractivity contribution is 4.64. The summed E-state index contributed by atoms with van der Waals surface area (Å²) in [5, 5.41) is 9.03. The van der Waals surface area contributed by atoms with Crippen molar-refractivity contribution < 1.29 is 9.84 Å². The fraction of sp³-hybridized carbons (Fsp3) is 1.00. The maximum absolute atomic E-state index is 9.03. The molecule has 0 aromatic heterocycles. The van der Waals surface area contributed by atoms with Crippen LogP contribution in [0.25, 0.3) is 0 Å². The van der Waals surface area contributed by atoms with Crippen LogP contribution in [0.15, 0.2) is 0 Å². The quantitative estimate of drug-likeness (QED) is 0.661. The summed E-state index contributed by atoms with van der Waals surface area (Å²) < 4.78 is 5.57. The number of hydrogen-bond acceptors (Lipinski definition) is 2. The molecule has 2 heteroatoms. The highest BCUT2D eigenvalue weighted by Crippen LogP contribution is 2.19. The van der Waals surface area contributed by atoms with Crippen molar-refractivity contribution in [2.75, 3.05) is 6.61 Å². The summed E-state index contributed by atoms with van der Waals surface area (Å²) in [5.41, 5.74) is 0. The van der Waals surface area contributed by atoms with Gasteiger partial charge < -0.3 is 9.84 Å². The highest BCUT2D eigenvalue weighted by Gasteiger charge is 2.12. The molecule has 0 spiro atoms. The Balaban J connectivity index is 2.12. The standard InChI is InChI=1S/C10H20O2/c1-9(11)8-12-10-6-4-2-3-5-7-10/h9-11H,2-8H2,1H3. The Kier molecular flexibility index (Phi) is 4.62. The Morgan fingerprint density at radius 2 is 1.83 bits per heavy atom. The third kappa shape index (κ3) is 4.07. The van der Waals surface area contributed by atoms with E-state index in [9.17, 15) is 0 Å².